The van der Waals surface area contributed by atoms with Crippen LogP contribution >= 0.6 is 0 Å². The fourth-order valence-corrected chi connectivity index (χ4v) is 5.12. The van der Waals surface area contributed by atoms with Crippen LogP contribution in [0.25, 0.3) is 0 Å². The fourth-order valence-electron chi connectivity index (χ4n) is 5.12. The molecule has 2 nitrogen and oxygen atoms in total. The van der Waals surface area contributed by atoms with Gasteiger partial charge in [0.25, 0.3) is 0 Å². The molecule has 0 radical (unpaired) electrons. The van der Waals surface area contributed by atoms with E-state index in [0.29, 0.717) is 18.3 Å². The minimum Gasteiger partial charge on any atom is -0.291 e. The Balaban J connectivity index is 2.31. The molecule has 0 aliphatic heterocycles. The number of rotatable bonds is 4. The third-order valence-corrected chi connectivity index (χ3v) is 7.75. The van der Waals surface area contributed by atoms with Gasteiger partial charge in [-0.15, -0.1) is 0 Å². The minimum absolute atomic E-state index is 0.0156. The molecule has 2 fully saturated rings. The highest BCUT2D eigenvalue weighted by Gasteiger charge is 2.58. The quantitative estimate of drug-likeness (QED) is 0.681. The summed E-state index contributed by atoms with van der Waals surface area (Å²) in [5.41, 5.74) is 0.211. The molecule has 2 aliphatic carbocycles. The Kier molecular flexibility index (Phi) is 4.90. The maximum atomic E-state index is 12.2. The van der Waals surface area contributed by atoms with Gasteiger partial charge < -0.3 is 0 Å². The van der Waals surface area contributed by atoms with Crippen LogP contribution in [0, 0.1) is 34.5 Å². The summed E-state index contributed by atoms with van der Waals surface area (Å²) in [5.74, 6) is 1.43. The molecule has 0 aromatic carbocycles. The molecule has 2 rings (SSSR count). The molecule has 0 heterocycles. The zero-order valence-electron chi connectivity index (χ0n) is 15.4. The highest BCUT2D eigenvalue weighted by Crippen LogP contribution is 2.62. The van der Waals surface area contributed by atoms with E-state index in [9.17, 15) is 9.59 Å². The predicted octanol–water partition coefficient (Wildman–Crippen LogP) is 5.05. The Morgan fingerprint density at radius 1 is 1.23 bits per heavy atom. The van der Waals surface area contributed by atoms with Crippen molar-refractivity contribution >= 4 is 11.6 Å². The third kappa shape index (κ3) is 2.67. The second-order valence-electron chi connectivity index (χ2n) is 8.77. The molecule has 0 saturated heterocycles. The molecule has 2 saturated carbocycles. The molecule has 0 amide bonds. The molecule has 2 aliphatic rings. The molecule has 0 spiro atoms. The normalized spacial score (nSPS) is 43.8. The first-order valence-electron chi connectivity index (χ1n) is 9.23. The van der Waals surface area contributed by atoms with Crippen LogP contribution in [0.2, 0.25) is 0 Å². The van der Waals surface area contributed by atoms with Gasteiger partial charge in [-0.25, -0.2) is 0 Å². The molecule has 6 unspecified atom stereocenters. The van der Waals surface area contributed by atoms with Crippen LogP contribution in [-0.2, 0) is 9.59 Å². The summed E-state index contributed by atoms with van der Waals surface area (Å²) < 4.78 is 0. The maximum absolute atomic E-state index is 12.2. The van der Waals surface area contributed by atoms with Gasteiger partial charge in [0.1, 0.15) is 0 Å². The number of carbonyl (C=O) groups excluding carboxylic acids is 2. The fraction of sp³-hybridized carbons (Fsp3) is 0.900. The van der Waals surface area contributed by atoms with E-state index in [-0.39, 0.29) is 28.3 Å². The van der Waals surface area contributed by atoms with Crippen molar-refractivity contribution in [1.29, 1.82) is 0 Å². The van der Waals surface area contributed by atoms with Gasteiger partial charge in [-0.2, -0.15) is 0 Å². The molecule has 126 valence electrons. The Hall–Kier alpha value is -0.660. The van der Waals surface area contributed by atoms with Crippen molar-refractivity contribution in [1.82, 2.24) is 0 Å². The van der Waals surface area contributed by atoms with E-state index in [1.807, 2.05) is 6.92 Å². The lowest BCUT2D eigenvalue weighted by atomic mass is 9.44. The van der Waals surface area contributed by atoms with Crippen molar-refractivity contribution in [3.8, 4) is 0 Å². The maximum Gasteiger partial charge on any atom is 0.201 e. The number of Topliss-reactive ketones (excluding diaryl/α,β-unsaturated/α-hetero) is 2. The van der Waals surface area contributed by atoms with E-state index in [0.717, 1.165) is 12.3 Å². The molecular formula is C20H34O2. The second-order valence-corrected chi connectivity index (χ2v) is 8.77. The van der Waals surface area contributed by atoms with Crippen molar-refractivity contribution in [2.24, 2.45) is 34.5 Å². The Bertz CT molecular complexity index is 455. The van der Waals surface area contributed by atoms with Gasteiger partial charge in [0.2, 0.25) is 5.78 Å². The van der Waals surface area contributed by atoms with Crippen molar-refractivity contribution in [3.63, 3.8) is 0 Å². The lowest BCUT2D eigenvalue weighted by molar-refractivity contribution is -0.161. The monoisotopic (exact) mass is 306 g/mol. The number of carbonyl (C=O) groups is 2. The van der Waals surface area contributed by atoms with Gasteiger partial charge in [0.05, 0.1) is 0 Å². The second kappa shape index (κ2) is 6.09. The Morgan fingerprint density at radius 3 is 2.45 bits per heavy atom. The summed E-state index contributed by atoms with van der Waals surface area (Å²) >= 11 is 0. The Morgan fingerprint density at radius 2 is 1.86 bits per heavy atom. The van der Waals surface area contributed by atoms with Crippen LogP contribution in [0.15, 0.2) is 0 Å². The summed E-state index contributed by atoms with van der Waals surface area (Å²) in [5, 5.41) is 0. The lowest BCUT2D eigenvalue weighted by Crippen LogP contribution is -2.57. The third-order valence-electron chi connectivity index (χ3n) is 7.75. The number of hydrogen-bond donors (Lipinski definition) is 0. The van der Waals surface area contributed by atoms with Crippen LogP contribution < -0.4 is 0 Å². The van der Waals surface area contributed by atoms with Crippen LogP contribution in [0.4, 0.5) is 0 Å². The molecular weight excluding hydrogens is 272 g/mol. The minimum atomic E-state index is -0.113. The van der Waals surface area contributed by atoms with Crippen molar-refractivity contribution in [2.45, 2.75) is 80.1 Å². The number of hydrogen-bond acceptors (Lipinski definition) is 2. The molecule has 22 heavy (non-hydrogen) atoms. The van der Waals surface area contributed by atoms with Crippen LogP contribution in [0.3, 0.4) is 0 Å². The van der Waals surface area contributed by atoms with Crippen molar-refractivity contribution in [2.75, 3.05) is 0 Å². The van der Waals surface area contributed by atoms with Gasteiger partial charge in [0, 0.05) is 12.3 Å². The summed E-state index contributed by atoms with van der Waals surface area (Å²) in [6, 6.07) is 0. The van der Waals surface area contributed by atoms with E-state index in [4.69, 9.17) is 0 Å². The van der Waals surface area contributed by atoms with Crippen LogP contribution in [-0.4, -0.2) is 11.6 Å². The van der Waals surface area contributed by atoms with E-state index >= 15 is 0 Å². The first-order chi connectivity index (χ1) is 10.2. The van der Waals surface area contributed by atoms with E-state index in [1.165, 1.54) is 25.7 Å². The van der Waals surface area contributed by atoms with Crippen LogP contribution in [0.1, 0.15) is 80.1 Å². The van der Waals surface area contributed by atoms with E-state index < -0.39 is 0 Å². The smallest absolute Gasteiger partial charge is 0.201 e. The molecule has 0 N–H and O–H groups in total. The lowest BCUT2D eigenvalue weighted by Gasteiger charge is -2.59. The summed E-state index contributed by atoms with van der Waals surface area (Å²) in [6.45, 7) is 13.6. The van der Waals surface area contributed by atoms with Gasteiger partial charge in [-0.05, 0) is 47.8 Å². The summed E-state index contributed by atoms with van der Waals surface area (Å²) in [6.07, 6.45) is 6.42. The largest absolute Gasteiger partial charge is 0.291 e. The SMILES string of the molecule is CCC(C)CCC1(C)C(C)CCC2(C)C(C)C(=O)C(=O)CC12. The van der Waals surface area contributed by atoms with Gasteiger partial charge >= 0.3 is 0 Å². The van der Waals surface area contributed by atoms with E-state index in [1.54, 1.807) is 0 Å². The molecule has 0 bridgehead atoms. The molecule has 0 aromatic rings. The molecule has 0 aromatic heterocycles. The summed E-state index contributed by atoms with van der Waals surface area (Å²) in [4.78, 5) is 24.5. The topological polar surface area (TPSA) is 34.1 Å². The zero-order valence-corrected chi connectivity index (χ0v) is 15.4. The zero-order chi connectivity index (χ0) is 16.7. The standard InChI is InChI=1S/C20H34O2/c1-7-13(2)8-10-19(5)14(3)9-11-20(6)15(4)18(22)16(21)12-17(19)20/h13-15,17H,7-12H2,1-6H3. The highest BCUT2D eigenvalue weighted by atomic mass is 16.2. The summed E-state index contributed by atoms with van der Waals surface area (Å²) in [7, 11) is 0. The first kappa shape index (κ1) is 17.7. The average Bonchev–Trinajstić information content (AvgIpc) is 2.50. The highest BCUT2D eigenvalue weighted by molar-refractivity contribution is 6.38. The number of ketones is 2. The van der Waals surface area contributed by atoms with Gasteiger partial charge in [-0.3, -0.25) is 9.59 Å². The predicted molar refractivity (Wildman–Crippen MR) is 90.6 cm³/mol. The van der Waals surface area contributed by atoms with Crippen molar-refractivity contribution in [3.05, 3.63) is 0 Å². The van der Waals surface area contributed by atoms with Crippen molar-refractivity contribution < 1.29 is 9.59 Å². The number of fused-ring (bicyclic) bond motifs is 1. The average molecular weight is 306 g/mol. The Labute approximate surface area is 136 Å². The molecule has 6 atom stereocenters. The van der Waals surface area contributed by atoms with Gasteiger partial charge in [0.15, 0.2) is 5.78 Å². The molecule has 2 heteroatoms. The first-order valence-corrected chi connectivity index (χ1v) is 9.23. The van der Waals surface area contributed by atoms with Gasteiger partial charge in [-0.1, -0.05) is 54.4 Å². The van der Waals surface area contributed by atoms with E-state index in [2.05, 4.69) is 34.6 Å². The van der Waals surface area contributed by atoms with Crippen LogP contribution in [0.5, 0.6) is 0 Å².